The van der Waals surface area contributed by atoms with Crippen LogP contribution < -0.4 is 15.1 Å². The summed E-state index contributed by atoms with van der Waals surface area (Å²) in [5.74, 6) is 0.748. The van der Waals surface area contributed by atoms with Crippen LogP contribution >= 0.6 is 0 Å². The molecule has 2 aromatic carbocycles. The molecule has 26 heavy (non-hydrogen) atoms. The van der Waals surface area contributed by atoms with Crippen molar-refractivity contribution in [1.82, 2.24) is 0 Å². The van der Waals surface area contributed by atoms with Crippen LogP contribution in [0.4, 0.5) is 0 Å². The average Bonchev–Trinajstić information content (AvgIpc) is 2.66. The van der Waals surface area contributed by atoms with Gasteiger partial charge in [-0.3, -0.25) is 0 Å². The molecule has 0 atom stereocenters. The number of methoxy groups -OCH3 is 1. The smallest absolute Gasteiger partial charge is 0.344 e. The summed E-state index contributed by atoms with van der Waals surface area (Å²) in [6, 6.07) is 15.6. The Morgan fingerprint density at radius 1 is 1.00 bits per heavy atom. The van der Waals surface area contributed by atoms with Crippen molar-refractivity contribution in [1.29, 1.82) is 0 Å². The fourth-order valence-corrected chi connectivity index (χ4v) is 2.39. The van der Waals surface area contributed by atoms with Crippen LogP contribution in [0.1, 0.15) is 5.56 Å². The molecule has 1 aromatic heterocycles. The number of hydrogen-bond donors (Lipinski definition) is 0. The van der Waals surface area contributed by atoms with Crippen LogP contribution in [0.3, 0.4) is 0 Å². The third-order valence-electron chi connectivity index (χ3n) is 3.76. The molecule has 0 fully saturated rings. The summed E-state index contributed by atoms with van der Waals surface area (Å²) in [7, 11) is 1.61. The van der Waals surface area contributed by atoms with Gasteiger partial charge in [0.25, 0.3) is 0 Å². The first-order valence-corrected chi connectivity index (χ1v) is 8.09. The summed E-state index contributed by atoms with van der Waals surface area (Å²) in [6.45, 7) is 0.0479. The summed E-state index contributed by atoms with van der Waals surface area (Å²) in [6.07, 6.45) is 0.608. The molecule has 0 aliphatic rings. The molecule has 3 aromatic rings. The second-order valence-corrected chi connectivity index (χ2v) is 5.56. The van der Waals surface area contributed by atoms with Crippen LogP contribution in [0.5, 0.6) is 11.5 Å². The molecule has 0 aliphatic heterocycles. The number of benzene rings is 2. The largest absolute Gasteiger partial charge is 0.497 e. The lowest BCUT2D eigenvalue weighted by Gasteiger charge is -2.08. The molecule has 0 bridgehead atoms. The normalized spacial score (nSPS) is 10.5. The molecule has 0 unspecified atom stereocenters. The second-order valence-electron chi connectivity index (χ2n) is 5.56. The molecule has 0 spiro atoms. The van der Waals surface area contributed by atoms with Crippen LogP contribution in [-0.2, 0) is 16.0 Å². The fraction of sp³-hybridized carbons (Fsp3) is 0.200. The standard InChI is InChI=1S/C20H18O6/c1-23-16-6-2-14(3-7-16)10-11-24-20(22)13-25-17-8-4-15-5-9-19(21)26-18(15)12-17/h2-9,12H,10-11,13H2,1H3. The Morgan fingerprint density at radius 3 is 2.50 bits per heavy atom. The summed E-state index contributed by atoms with van der Waals surface area (Å²) < 4.78 is 20.7. The molecule has 0 saturated heterocycles. The number of hydrogen-bond acceptors (Lipinski definition) is 6. The molecule has 1 heterocycles. The molecule has 134 valence electrons. The zero-order chi connectivity index (χ0) is 18.4. The maximum atomic E-state index is 11.8. The Bertz CT molecular complexity index is 942. The van der Waals surface area contributed by atoms with Gasteiger partial charge in [-0.2, -0.15) is 0 Å². The minimum absolute atomic E-state index is 0.217. The minimum atomic E-state index is -0.465. The van der Waals surface area contributed by atoms with Gasteiger partial charge in [-0.15, -0.1) is 0 Å². The fourth-order valence-electron chi connectivity index (χ4n) is 2.39. The molecule has 0 saturated carbocycles. The Balaban J connectivity index is 1.47. The van der Waals surface area contributed by atoms with Gasteiger partial charge in [0, 0.05) is 23.9 Å². The van der Waals surface area contributed by atoms with Gasteiger partial charge in [0.1, 0.15) is 17.1 Å². The molecular formula is C20H18O6. The summed E-state index contributed by atoms with van der Waals surface area (Å²) in [4.78, 5) is 23.0. The first-order chi connectivity index (χ1) is 12.6. The van der Waals surface area contributed by atoms with Gasteiger partial charge in [0.2, 0.25) is 0 Å². The molecule has 0 amide bonds. The third kappa shape index (κ3) is 4.63. The van der Waals surface area contributed by atoms with E-state index in [9.17, 15) is 9.59 Å². The number of rotatable bonds is 7. The number of fused-ring (bicyclic) bond motifs is 1. The third-order valence-corrected chi connectivity index (χ3v) is 3.76. The Labute approximate surface area is 149 Å². The van der Waals surface area contributed by atoms with Crippen LogP contribution in [0.15, 0.2) is 63.8 Å². The van der Waals surface area contributed by atoms with Gasteiger partial charge < -0.3 is 18.6 Å². The van der Waals surface area contributed by atoms with E-state index >= 15 is 0 Å². The van der Waals surface area contributed by atoms with E-state index in [0.29, 0.717) is 17.8 Å². The summed E-state index contributed by atoms with van der Waals surface area (Å²) in [5.41, 5.74) is 1.01. The summed E-state index contributed by atoms with van der Waals surface area (Å²) >= 11 is 0. The van der Waals surface area contributed by atoms with Crippen molar-refractivity contribution in [2.24, 2.45) is 0 Å². The lowest BCUT2D eigenvalue weighted by molar-refractivity contribution is -0.145. The van der Waals surface area contributed by atoms with E-state index in [0.717, 1.165) is 16.7 Å². The lowest BCUT2D eigenvalue weighted by atomic mass is 10.1. The van der Waals surface area contributed by atoms with Gasteiger partial charge in [0.05, 0.1) is 13.7 Å². The average molecular weight is 354 g/mol. The first kappa shape index (κ1) is 17.5. The van der Waals surface area contributed by atoms with Crippen molar-refractivity contribution in [2.45, 2.75) is 6.42 Å². The van der Waals surface area contributed by atoms with E-state index in [1.807, 2.05) is 24.3 Å². The van der Waals surface area contributed by atoms with Gasteiger partial charge in [-0.1, -0.05) is 12.1 Å². The van der Waals surface area contributed by atoms with E-state index < -0.39 is 11.6 Å². The van der Waals surface area contributed by atoms with Crippen LogP contribution in [0.2, 0.25) is 0 Å². The maximum absolute atomic E-state index is 11.8. The zero-order valence-corrected chi connectivity index (χ0v) is 14.3. The van der Waals surface area contributed by atoms with E-state index in [2.05, 4.69) is 0 Å². The first-order valence-electron chi connectivity index (χ1n) is 8.09. The second kappa shape index (κ2) is 8.20. The van der Waals surface area contributed by atoms with Crippen LogP contribution in [0, 0.1) is 0 Å². The van der Waals surface area contributed by atoms with Crippen molar-refractivity contribution < 1.29 is 23.4 Å². The highest BCUT2D eigenvalue weighted by molar-refractivity contribution is 5.78. The molecule has 6 heteroatoms. The lowest BCUT2D eigenvalue weighted by Crippen LogP contribution is -2.16. The zero-order valence-electron chi connectivity index (χ0n) is 14.3. The monoisotopic (exact) mass is 354 g/mol. The minimum Gasteiger partial charge on any atom is -0.497 e. The number of carbonyl (C=O) groups excluding carboxylic acids is 1. The van der Waals surface area contributed by atoms with E-state index in [1.165, 1.54) is 6.07 Å². The Kier molecular flexibility index (Phi) is 5.53. The van der Waals surface area contributed by atoms with E-state index in [4.69, 9.17) is 18.6 Å². The van der Waals surface area contributed by atoms with Crippen molar-refractivity contribution in [3.05, 3.63) is 70.6 Å². The van der Waals surface area contributed by atoms with Crippen LogP contribution in [0.25, 0.3) is 11.0 Å². The Hall–Kier alpha value is -3.28. The highest BCUT2D eigenvalue weighted by Crippen LogP contribution is 2.19. The van der Waals surface area contributed by atoms with Crippen LogP contribution in [-0.4, -0.2) is 26.3 Å². The van der Waals surface area contributed by atoms with Gasteiger partial charge >= 0.3 is 11.6 Å². The predicted octanol–water partition coefficient (Wildman–Crippen LogP) is 2.97. The quantitative estimate of drug-likeness (QED) is 0.480. The topological polar surface area (TPSA) is 75.0 Å². The van der Waals surface area contributed by atoms with Gasteiger partial charge in [-0.25, -0.2) is 9.59 Å². The maximum Gasteiger partial charge on any atom is 0.344 e. The SMILES string of the molecule is COc1ccc(CCOC(=O)COc2ccc3ccc(=O)oc3c2)cc1. The van der Waals surface area contributed by atoms with Gasteiger partial charge in [-0.05, 0) is 35.9 Å². The molecular weight excluding hydrogens is 336 g/mol. The van der Waals surface area contributed by atoms with E-state index in [1.54, 1.807) is 31.4 Å². The number of esters is 1. The van der Waals surface area contributed by atoms with Crippen molar-refractivity contribution in [3.8, 4) is 11.5 Å². The summed E-state index contributed by atoms with van der Waals surface area (Å²) in [5, 5.41) is 0.777. The highest BCUT2D eigenvalue weighted by atomic mass is 16.6. The predicted molar refractivity (Wildman–Crippen MR) is 95.6 cm³/mol. The number of ether oxygens (including phenoxy) is 3. The van der Waals surface area contributed by atoms with Crippen molar-refractivity contribution >= 4 is 16.9 Å². The van der Waals surface area contributed by atoms with Crippen molar-refractivity contribution in [3.63, 3.8) is 0 Å². The highest BCUT2D eigenvalue weighted by Gasteiger charge is 2.06. The Morgan fingerprint density at radius 2 is 1.73 bits per heavy atom. The molecule has 0 N–H and O–H groups in total. The molecule has 6 nitrogen and oxygen atoms in total. The van der Waals surface area contributed by atoms with E-state index in [-0.39, 0.29) is 13.2 Å². The number of carbonyl (C=O) groups is 1. The van der Waals surface area contributed by atoms with Crippen molar-refractivity contribution in [2.75, 3.05) is 20.3 Å². The molecule has 3 rings (SSSR count). The van der Waals surface area contributed by atoms with Gasteiger partial charge in [0.15, 0.2) is 6.61 Å². The molecule has 0 aliphatic carbocycles. The molecule has 0 radical (unpaired) electrons.